The van der Waals surface area contributed by atoms with Crippen LogP contribution in [0.1, 0.15) is 34.8 Å². The van der Waals surface area contributed by atoms with Crippen LogP contribution in [0.4, 0.5) is 0 Å². The molecular formula is C11H16N2O2S. The summed E-state index contributed by atoms with van der Waals surface area (Å²) in [6.45, 7) is 4.35. The average molecular weight is 240 g/mol. The van der Waals surface area contributed by atoms with E-state index in [0.29, 0.717) is 18.2 Å². The number of thiazole rings is 1. The summed E-state index contributed by atoms with van der Waals surface area (Å²) in [6, 6.07) is 0. The van der Waals surface area contributed by atoms with E-state index in [4.69, 9.17) is 4.74 Å². The highest BCUT2D eigenvalue weighted by molar-refractivity contribution is 7.09. The number of hydrogen-bond donors (Lipinski definition) is 0. The van der Waals surface area contributed by atoms with E-state index >= 15 is 0 Å². The van der Waals surface area contributed by atoms with Gasteiger partial charge in [-0.25, -0.2) is 9.78 Å². The first-order valence-electron chi connectivity index (χ1n) is 5.51. The molecule has 0 aromatic carbocycles. The van der Waals surface area contributed by atoms with Gasteiger partial charge in [-0.2, -0.15) is 0 Å². The largest absolute Gasteiger partial charge is 0.461 e. The molecule has 0 spiro atoms. The van der Waals surface area contributed by atoms with Gasteiger partial charge in [-0.1, -0.05) is 0 Å². The van der Waals surface area contributed by atoms with Gasteiger partial charge in [0.25, 0.3) is 0 Å². The van der Waals surface area contributed by atoms with Crippen molar-refractivity contribution in [2.75, 3.05) is 26.7 Å². The molecule has 1 saturated heterocycles. The SMILES string of the molecule is CCOC(=O)c1csc(C2CCN(C)C2)n1. The van der Waals surface area contributed by atoms with Gasteiger partial charge in [-0.05, 0) is 26.9 Å². The van der Waals surface area contributed by atoms with Crippen LogP contribution < -0.4 is 0 Å². The second-order valence-electron chi connectivity index (χ2n) is 4.04. The Morgan fingerprint density at radius 3 is 3.19 bits per heavy atom. The molecular weight excluding hydrogens is 224 g/mol. The number of hydrogen-bond acceptors (Lipinski definition) is 5. The van der Waals surface area contributed by atoms with Gasteiger partial charge in [0.05, 0.1) is 11.6 Å². The van der Waals surface area contributed by atoms with Crippen molar-refractivity contribution in [3.63, 3.8) is 0 Å². The summed E-state index contributed by atoms with van der Waals surface area (Å²) in [5.41, 5.74) is 0.455. The lowest BCUT2D eigenvalue weighted by molar-refractivity contribution is 0.0520. The standard InChI is InChI=1S/C11H16N2O2S/c1-3-15-11(14)9-7-16-10(12-9)8-4-5-13(2)6-8/h7-8H,3-6H2,1-2H3. The van der Waals surface area contributed by atoms with Crippen LogP contribution in [0.2, 0.25) is 0 Å². The maximum atomic E-state index is 11.4. The number of nitrogens with zero attached hydrogens (tertiary/aromatic N) is 2. The lowest BCUT2D eigenvalue weighted by Crippen LogP contribution is -2.13. The molecule has 1 aliphatic rings. The van der Waals surface area contributed by atoms with Gasteiger partial charge in [-0.3, -0.25) is 0 Å². The van der Waals surface area contributed by atoms with E-state index in [1.165, 1.54) is 0 Å². The molecule has 2 rings (SSSR count). The van der Waals surface area contributed by atoms with Crippen molar-refractivity contribution < 1.29 is 9.53 Å². The molecule has 16 heavy (non-hydrogen) atoms. The minimum absolute atomic E-state index is 0.309. The van der Waals surface area contributed by atoms with E-state index in [1.807, 2.05) is 0 Å². The highest BCUT2D eigenvalue weighted by atomic mass is 32.1. The van der Waals surface area contributed by atoms with Gasteiger partial charge in [0, 0.05) is 17.8 Å². The highest BCUT2D eigenvalue weighted by Crippen LogP contribution is 2.28. The maximum absolute atomic E-state index is 11.4. The lowest BCUT2D eigenvalue weighted by atomic mass is 10.1. The summed E-state index contributed by atoms with van der Waals surface area (Å²) in [7, 11) is 2.11. The van der Waals surface area contributed by atoms with Gasteiger partial charge in [0.1, 0.15) is 0 Å². The third kappa shape index (κ3) is 2.41. The van der Waals surface area contributed by atoms with E-state index in [2.05, 4.69) is 16.9 Å². The molecule has 0 amide bonds. The van der Waals surface area contributed by atoms with Crippen molar-refractivity contribution >= 4 is 17.3 Å². The quantitative estimate of drug-likeness (QED) is 0.755. The number of aromatic nitrogens is 1. The predicted octanol–water partition coefficient (Wildman–Crippen LogP) is 1.74. The zero-order valence-corrected chi connectivity index (χ0v) is 10.4. The molecule has 1 atom stereocenters. The number of rotatable bonds is 3. The maximum Gasteiger partial charge on any atom is 0.357 e. The Kier molecular flexibility index (Phi) is 3.56. The topological polar surface area (TPSA) is 42.4 Å². The fraction of sp³-hybridized carbons (Fsp3) is 0.636. The van der Waals surface area contributed by atoms with Crippen LogP contribution in [0, 0.1) is 0 Å². The zero-order chi connectivity index (χ0) is 11.5. The Morgan fingerprint density at radius 1 is 1.75 bits per heavy atom. The van der Waals surface area contributed by atoms with Gasteiger partial charge < -0.3 is 9.64 Å². The molecule has 0 saturated carbocycles. The molecule has 1 aliphatic heterocycles. The summed E-state index contributed by atoms with van der Waals surface area (Å²) >= 11 is 1.56. The zero-order valence-electron chi connectivity index (χ0n) is 9.60. The number of carbonyl (C=O) groups is 1. The first-order chi connectivity index (χ1) is 7.70. The van der Waals surface area contributed by atoms with E-state index in [9.17, 15) is 4.79 Å². The van der Waals surface area contributed by atoms with Crippen LogP contribution in [0.15, 0.2) is 5.38 Å². The minimum atomic E-state index is -0.309. The molecule has 0 N–H and O–H groups in total. The summed E-state index contributed by atoms with van der Waals surface area (Å²) in [6.07, 6.45) is 1.13. The monoisotopic (exact) mass is 240 g/mol. The van der Waals surface area contributed by atoms with E-state index in [0.717, 1.165) is 24.5 Å². The van der Waals surface area contributed by atoms with Crippen LogP contribution >= 0.6 is 11.3 Å². The third-order valence-electron chi connectivity index (χ3n) is 2.75. The number of esters is 1. The first-order valence-corrected chi connectivity index (χ1v) is 6.39. The van der Waals surface area contributed by atoms with Crippen LogP contribution in [0.5, 0.6) is 0 Å². The molecule has 0 bridgehead atoms. The third-order valence-corrected chi connectivity index (χ3v) is 3.75. The molecule has 1 unspecified atom stereocenters. The summed E-state index contributed by atoms with van der Waals surface area (Å²) in [5, 5.41) is 2.86. The van der Waals surface area contributed by atoms with Crippen LogP contribution in [-0.2, 0) is 4.74 Å². The number of likely N-dealkylation sites (tertiary alicyclic amines) is 1. The molecule has 5 heteroatoms. The van der Waals surface area contributed by atoms with Crippen molar-refractivity contribution in [1.29, 1.82) is 0 Å². The van der Waals surface area contributed by atoms with Crippen molar-refractivity contribution in [2.45, 2.75) is 19.3 Å². The normalized spacial score (nSPS) is 21.2. The van der Waals surface area contributed by atoms with Gasteiger partial charge in [-0.15, -0.1) is 11.3 Å². The van der Waals surface area contributed by atoms with Crippen molar-refractivity contribution in [1.82, 2.24) is 9.88 Å². The number of likely N-dealkylation sites (N-methyl/N-ethyl adjacent to an activating group) is 1. The fourth-order valence-corrected chi connectivity index (χ4v) is 2.83. The summed E-state index contributed by atoms with van der Waals surface area (Å²) < 4.78 is 4.92. The van der Waals surface area contributed by atoms with Gasteiger partial charge >= 0.3 is 5.97 Å². The van der Waals surface area contributed by atoms with Crippen molar-refractivity contribution in [3.8, 4) is 0 Å². The molecule has 4 nitrogen and oxygen atoms in total. The Morgan fingerprint density at radius 2 is 2.56 bits per heavy atom. The Labute approximate surface area is 99.2 Å². The molecule has 88 valence electrons. The Bertz CT molecular complexity index is 378. The molecule has 0 radical (unpaired) electrons. The molecule has 1 aromatic rings. The van der Waals surface area contributed by atoms with E-state index in [1.54, 1.807) is 23.6 Å². The number of carbonyl (C=O) groups excluding carboxylic acids is 1. The second-order valence-corrected chi connectivity index (χ2v) is 4.93. The van der Waals surface area contributed by atoms with Crippen LogP contribution in [-0.4, -0.2) is 42.6 Å². The van der Waals surface area contributed by atoms with E-state index < -0.39 is 0 Å². The van der Waals surface area contributed by atoms with Crippen molar-refractivity contribution in [2.24, 2.45) is 0 Å². The van der Waals surface area contributed by atoms with Crippen molar-refractivity contribution in [3.05, 3.63) is 16.1 Å². The molecule has 2 heterocycles. The average Bonchev–Trinajstić information content (AvgIpc) is 2.85. The van der Waals surface area contributed by atoms with Gasteiger partial charge in [0.15, 0.2) is 5.69 Å². The minimum Gasteiger partial charge on any atom is -0.461 e. The van der Waals surface area contributed by atoms with Gasteiger partial charge in [0.2, 0.25) is 0 Å². The smallest absolute Gasteiger partial charge is 0.357 e. The summed E-state index contributed by atoms with van der Waals surface area (Å²) in [5.74, 6) is 0.175. The lowest BCUT2D eigenvalue weighted by Gasteiger charge is -2.06. The molecule has 1 fully saturated rings. The van der Waals surface area contributed by atoms with Crippen LogP contribution in [0.25, 0.3) is 0 Å². The molecule has 0 aliphatic carbocycles. The van der Waals surface area contributed by atoms with E-state index in [-0.39, 0.29) is 5.97 Å². The summed E-state index contributed by atoms with van der Waals surface area (Å²) in [4.78, 5) is 18.1. The second kappa shape index (κ2) is 4.93. The fourth-order valence-electron chi connectivity index (χ4n) is 1.91. The Hall–Kier alpha value is -0.940. The van der Waals surface area contributed by atoms with Crippen LogP contribution in [0.3, 0.4) is 0 Å². The Balaban J connectivity index is 2.04. The highest BCUT2D eigenvalue weighted by Gasteiger charge is 2.24. The number of ether oxygens (including phenoxy) is 1. The first kappa shape index (κ1) is 11.5. The molecule has 1 aromatic heterocycles. The predicted molar refractivity (Wildman–Crippen MR) is 62.9 cm³/mol.